The van der Waals surface area contributed by atoms with E-state index in [0.717, 1.165) is 86.5 Å². The Hall–Kier alpha value is -4.70. The van der Waals surface area contributed by atoms with Gasteiger partial charge in [-0.3, -0.25) is 0 Å². The van der Waals surface area contributed by atoms with Crippen molar-refractivity contribution in [2.45, 2.75) is 55.4 Å². The molecule has 5 aromatic carbocycles. The second kappa shape index (κ2) is 28.7. The molecular weight excluding hydrogens is 872 g/mol. The van der Waals surface area contributed by atoms with Gasteiger partial charge in [-0.25, -0.2) is 0 Å². The van der Waals surface area contributed by atoms with Crippen molar-refractivity contribution in [3.63, 3.8) is 0 Å². The van der Waals surface area contributed by atoms with Crippen molar-refractivity contribution < 1.29 is 28.2 Å². The first-order valence-corrected chi connectivity index (χ1v) is 19.5. The number of benzene rings is 5. The smallest absolute Gasteiger partial charge is 1.00 e. The Bertz CT molecular complexity index is 1540. The summed E-state index contributed by atoms with van der Waals surface area (Å²) < 4.78 is 0. The van der Waals surface area contributed by atoms with Crippen LogP contribution >= 0.6 is 0 Å². The first kappa shape index (κ1) is 58.6. The third-order valence-electron chi connectivity index (χ3n) is 10.3. The fraction of sp³-hybridized carbons (Fsp3) is 0.348. The summed E-state index contributed by atoms with van der Waals surface area (Å²) in [5.41, 5.74) is 11.8. The van der Waals surface area contributed by atoms with Crippen LogP contribution in [0.4, 0.5) is 56.9 Å². The third kappa shape index (κ3) is 13.7. The van der Waals surface area contributed by atoms with E-state index in [2.05, 4.69) is 206 Å². The fourth-order valence-corrected chi connectivity index (χ4v) is 7.25. The summed E-state index contributed by atoms with van der Waals surface area (Å²) >= 11 is 0. The molecule has 6 nitrogen and oxygen atoms in total. The van der Waals surface area contributed by atoms with Crippen molar-refractivity contribution in [2.24, 2.45) is 0 Å². The van der Waals surface area contributed by atoms with Gasteiger partial charge in [0.05, 0.1) is 0 Å². The second-order valence-corrected chi connectivity index (χ2v) is 12.9. The van der Waals surface area contributed by atoms with Gasteiger partial charge >= 0.3 is 24.4 Å². The molecule has 322 valence electrons. The monoisotopic (exact) mass is 931 g/mol. The van der Waals surface area contributed by atoms with E-state index >= 15 is 0 Å². The van der Waals surface area contributed by atoms with Gasteiger partial charge in [0.2, 0.25) is 0 Å². The Labute approximate surface area is 366 Å². The second-order valence-electron chi connectivity index (χ2n) is 12.9. The molecule has 0 atom stereocenters. The topological polar surface area (TPSA) is 19.4 Å². The summed E-state index contributed by atoms with van der Waals surface area (Å²) in [5, 5.41) is 0. The maximum atomic E-state index is 2.39. The van der Waals surface area contributed by atoms with Crippen LogP contribution < -0.4 is 57.6 Å². The van der Waals surface area contributed by atoms with Crippen LogP contribution in [0.15, 0.2) is 121 Å². The quantitative estimate of drug-likeness (QED) is 0.0641. The first-order valence-electron chi connectivity index (χ1n) is 19.5. The summed E-state index contributed by atoms with van der Waals surface area (Å²) in [6.07, 6.45) is 0. The maximum Gasteiger partial charge on any atom is 5.00 e. The molecule has 59 heavy (non-hydrogen) atoms. The fourth-order valence-electron chi connectivity index (χ4n) is 7.25. The van der Waals surface area contributed by atoms with Crippen molar-refractivity contribution in [2.75, 3.05) is 81.8 Å². The number of nitrogens with zero attached hydrogens (tertiary/aromatic N) is 6. The predicted octanol–water partition coefficient (Wildman–Crippen LogP) is -6.35. The summed E-state index contributed by atoms with van der Waals surface area (Å²) in [5.74, 6) is 0. The van der Waals surface area contributed by atoms with Gasteiger partial charge in [0.25, 0.3) is 0 Å². The van der Waals surface area contributed by atoms with E-state index in [-0.39, 0.29) is 52.7 Å². The summed E-state index contributed by atoms with van der Waals surface area (Å²) in [6.45, 7) is 25.6. The van der Waals surface area contributed by atoms with E-state index in [9.17, 15) is 0 Å². The number of rotatable bonds is 18. The van der Waals surface area contributed by atoms with Crippen molar-refractivity contribution in [3.8, 4) is 0 Å². The van der Waals surface area contributed by atoms with Crippen LogP contribution in [0.1, 0.15) is 55.4 Å². The zero-order chi connectivity index (χ0) is 37.0. The molecule has 0 heterocycles. The van der Waals surface area contributed by atoms with E-state index in [1.54, 1.807) is 0 Å². The van der Waals surface area contributed by atoms with E-state index in [4.69, 9.17) is 0 Å². The predicted molar refractivity (Wildman–Crippen MR) is 236 cm³/mol. The molecule has 0 spiro atoms. The molecule has 0 saturated carbocycles. The van der Waals surface area contributed by atoms with Crippen molar-refractivity contribution in [1.82, 2.24) is 0 Å². The largest absolute Gasteiger partial charge is 5.00 e. The average molecular weight is 933 g/mol. The Morgan fingerprint density at radius 1 is 0.220 bits per heavy atom. The van der Waals surface area contributed by atoms with Crippen LogP contribution in [0.5, 0.6) is 0 Å². The van der Waals surface area contributed by atoms with E-state index in [0.29, 0.717) is 0 Å². The van der Waals surface area contributed by atoms with Gasteiger partial charge in [0.15, 0.2) is 0 Å². The molecule has 5 rings (SSSR count). The Morgan fingerprint density at radius 2 is 0.322 bits per heavy atom. The number of halogens is 6. The summed E-state index contributed by atoms with van der Waals surface area (Å²) in [7, 11) is 0. The molecule has 0 unspecified atom stereocenters. The molecule has 0 aromatic heterocycles. The zero-order valence-corrected chi connectivity index (χ0v) is 38.2. The summed E-state index contributed by atoms with van der Waals surface area (Å²) in [6, 6.07) is 45.0. The first-order chi connectivity index (χ1) is 25.4. The molecule has 0 N–H and O–H groups in total. The van der Waals surface area contributed by atoms with Crippen molar-refractivity contribution >= 4 is 81.3 Å². The number of hydrogen-bond acceptors (Lipinski definition) is 6. The van der Waals surface area contributed by atoms with E-state index in [1.165, 1.54) is 22.7 Å². The average Bonchev–Trinajstić information content (AvgIpc) is 3.20. The minimum absolute atomic E-state index is 0. The SMILES string of the molecule is CCN(CC)c1ccc(N(c2ccc(N(CC)CC)cc2)c2ccc(N(c3ccc(N(CC)CC)cc3)c3ccc(N(CC)CC)cc3)cc2)cc1.[F-].[F-].[F-].[F-].[F-].[F-].[Sb+5]. The van der Waals surface area contributed by atoms with Crippen molar-refractivity contribution in [3.05, 3.63) is 121 Å². The molecule has 0 bridgehead atoms. The van der Waals surface area contributed by atoms with Crippen LogP contribution in [0.25, 0.3) is 0 Å². The summed E-state index contributed by atoms with van der Waals surface area (Å²) in [4.78, 5) is 14.3. The Morgan fingerprint density at radius 3 is 0.424 bits per heavy atom. The van der Waals surface area contributed by atoms with Gasteiger partial charge in [0.1, 0.15) is 0 Å². The Kier molecular flexibility index (Phi) is 28.5. The van der Waals surface area contributed by atoms with Crippen LogP contribution in [0, 0.1) is 0 Å². The van der Waals surface area contributed by atoms with Gasteiger partial charge < -0.3 is 57.6 Å². The van der Waals surface area contributed by atoms with E-state index < -0.39 is 0 Å². The van der Waals surface area contributed by atoms with Gasteiger partial charge in [-0.05, 0) is 177 Å². The number of hydrogen-bond donors (Lipinski definition) is 0. The molecule has 0 radical (unpaired) electrons. The molecule has 0 aliphatic rings. The van der Waals surface area contributed by atoms with Crippen LogP contribution in [0.3, 0.4) is 0 Å². The molecule has 0 aliphatic heterocycles. The molecule has 13 heteroatoms. The van der Waals surface area contributed by atoms with Crippen molar-refractivity contribution in [1.29, 1.82) is 0 Å². The third-order valence-corrected chi connectivity index (χ3v) is 10.3. The molecule has 0 aliphatic carbocycles. The molecule has 0 fully saturated rings. The van der Waals surface area contributed by atoms with Gasteiger partial charge in [-0.15, -0.1) is 0 Å². The number of anilines is 10. The van der Waals surface area contributed by atoms with Crippen LogP contribution in [0.2, 0.25) is 0 Å². The zero-order valence-electron chi connectivity index (χ0n) is 35.6. The molecular formula is C46H60F6N6Sb-. The molecule has 0 amide bonds. The maximum absolute atomic E-state index is 2.39. The van der Waals surface area contributed by atoms with Crippen LogP contribution in [-0.2, 0) is 0 Å². The van der Waals surface area contributed by atoms with Gasteiger partial charge in [0, 0.05) is 109 Å². The minimum Gasteiger partial charge on any atom is -1.00 e. The Balaban J connectivity index is -0.00000448. The minimum atomic E-state index is 0. The normalized spacial score (nSPS) is 9.63. The van der Waals surface area contributed by atoms with Crippen LogP contribution in [-0.4, -0.2) is 76.8 Å². The molecule has 0 saturated heterocycles. The standard InChI is InChI=1S/C46H60N6.6FH.Sb/c1-9-47(10-2)37-17-25-41(26-18-37)51(42-27-19-38(20-28-42)48(11-3)12-4)45-33-35-46(36-34-45)52(43-29-21-39(22-30-43)49(13-5)14-6)44-31-23-40(24-32-44)50(15-7)16-8;;;;;;;/h17-36H,9-16H2,1-8H3;6*1H;/q;;;;;;;+5/p-6. The van der Waals surface area contributed by atoms with Gasteiger partial charge in [-0.1, -0.05) is 0 Å². The van der Waals surface area contributed by atoms with E-state index in [1.807, 2.05) is 0 Å². The van der Waals surface area contributed by atoms with Gasteiger partial charge in [-0.2, -0.15) is 0 Å². The molecule has 5 aromatic rings.